The van der Waals surface area contributed by atoms with Crippen LogP contribution in [-0.4, -0.2) is 20.8 Å². The maximum Gasteiger partial charge on any atom is 0.121 e. The van der Waals surface area contributed by atoms with Gasteiger partial charge in [-0.3, -0.25) is 5.41 Å². The lowest BCUT2D eigenvalue weighted by Gasteiger charge is -1.95. The van der Waals surface area contributed by atoms with Crippen molar-refractivity contribution in [2.45, 2.75) is 6.92 Å². The molecule has 1 N–H and O–H groups in total. The van der Waals surface area contributed by atoms with Gasteiger partial charge in [-0.2, -0.15) is 4.68 Å². The van der Waals surface area contributed by atoms with Crippen LogP contribution in [0.3, 0.4) is 0 Å². The summed E-state index contributed by atoms with van der Waals surface area (Å²) in [5, 5.41) is 15.1. The molecule has 0 atom stereocenters. The Morgan fingerprint density at radius 1 is 1.42 bits per heavy atom. The number of benzene rings is 1. The van der Waals surface area contributed by atoms with Gasteiger partial charge in [0.05, 0.1) is 5.52 Å². The highest BCUT2D eigenvalue weighted by atomic mass is 15.4. The molecule has 12 heavy (non-hydrogen) atoms. The molecule has 0 saturated carbocycles. The van der Waals surface area contributed by atoms with E-state index in [1.807, 2.05) is 24.3 Å². The number of hydrogen-bond acceptors (Lipinski definition) is 3. The Morgan fingerprint density at radius 2 is 2.17 bits per heavy atom. The van der Waals surface area contributed by atoms with E-state index in [9.17, 15) is 0 Å². The molecule has 0 bridgehead atoms. The molecule has 0 fully saturated rings. The fraction of sp³-hybridized carbons (Fsp3) is 0.125. The maximum atomic E-state index is 7.39. The second-order valence-corrected chi connectivity index (χ2v) is 2.58. The highest BCUT2D eigenvalue weighted by Gasteiger charge is 2.02. The van der Waals surface area contributed by atoms with Crippen molar-refractivity contribution in [1.82, 2.24) is 15.0 Å². The highest BCUT2D eigenvalue weighted by molar-refractivity contribution is 5.88. The van der Waals surface area contributed by atoms with E-state index >= 15 is 0 Å². The molecule has 1 aromatic carbocycles. The van der Waals surface area contributed by atoms with Crippen LogP contribution in [0.25, 0.3) is 11.0 Å². The minimum absolute atomic E-state index is 0.378. The first kappa shape index (κ1) is 6.97. The third-order valence-electron chi connectivity index (χ3n) is 1.67. The van der Waals surface area contributed by atoms with Crippen molar-refractivity contribution in [2.75, 3.05) is 0 Å². The molecule has 4 heteroatoms. The topological polar surface area (TPSA) is 54.6 Å². The van der Waals surface area contributed by atoms with Crippen molar-refractivity contribution < 1.29 is 0 Å². The molecule has 0 aliphatic carbocycles. The quantitative estimate of drug-likeness (QED) is 0.466. The number of rotatable bonds is 0. The van der Waals surface area contributed by atoms with Crippen molar-refractivity contribution in [3.8, 4) is 0 Å². The van der Waals surface area contributed by atoms with Crippen LogP contribution in [0, 0.1) is 5.41 Å². The van der Waals surface area contributed by atoms with Gasteiger partial charge in [0.1, 0.15) is 11.4 Å². The van der Waals surface area contributed by atoms with Crippen molar-refractivity contribution in [3.63, 3.8) is 0 Å². The van der Waals surface area contributed by atoms with Gasteiger partial charge in [-0.15, -0.1) is 5.10 Å². The molecule has 60 valence electrons. The van der Waals surface area contributed by atoms with Gasteiger partial charge in [-0.1, -0.05) is 17.3 Å². The SMILES string of the molecule is CC(=N)n1nnc2ccccc21. The molecule has 0 radical (unpaired) electrons. The number of hydrogen-bond donors (Lipinski definition) is 1. The second kappa shape index (κ2) is 2.41. The Morgan fingerprint density at radius 3 is 2.92 bits per heavy atom. The van der Waals surface area contributed by atoms with E-state index in [0.717, 1.165) is 11.0 Å². The lowest BCUT2D eigenvalue weighted by Crippen LogP contribution is -2.06. The summed E-state index contributed by atoms with van der Waals surface area (Å²) in [6.45, 7) is 1.68. The second-order valence-electron chi connectivity index (χ2n) is 2.58. The number of para-hydroxylation sites is 1. The summed E-state index contributed by atoms with van der Waals surface area (Å²) in [7, 11) is 0. The lowest BCUT2D eigenvalue weighted by atomic mass is 10.3. The van der Waals surface area contributed by atoms with Crippen molar-refractivity contribution >= 4 is 16.9 Å². The van der Waals surface area contributed by atoms with Crippen LogP contribution in [0.2, 0.25) is 0 Å². The van der Waals surface area contributed by atoms with E-state index in [4.69, 9.17) is 5.41 Å². The van der Waals surface area contributed by atoms with E-state index in [2.05, 4.69) is 10.3 Å². The van der Waals surface area contributed by atoms with Gasteiger partial charge in [0.25, 0.3) is 0 Å². The predicted octanol–water partition coefficient (Wildman–Crippen LogP) is 1.28. The molecule has 0 unspecified atom stereocenters. The Kier molecular flexibility index (Phi) is 1.40. The summed E-state index contributed by atoms with van der Waals surface area (Å²) in [5.41, 5.74) is 1.70. The molecular weight excluding hydrogens is 152 g/mol. The molecule has 0 aliphatic rings. The molecule has 1 aromatic heterocycles. The van der Waals surface area contributed by atoms with E-state index in [0.29, 0.717) is 5.84 Å². The Bertz CT molecular complexity index is 429. The smallest absolute Gasteiger partial charge is 0.121 e. The van der Waals surface area contributed by atoms with Crippen LogP contribution < -0.4 is 0 Å². The van der Waals surface area contributed by atoms with Gasteiger partial charge in [-0.25, -0.2) is 0 Å². The van der Waals surface area contributed by atoms with E-state index < -0.39 is 0 Å². The largest absolute Gasteiger partial charge is 0.287 e. The van der Waals surface area contributed by atoms with Crippen molar-refractivity contribution in [3.05, 3.63) is 24.3 Å². The third kappa shape index (κ3) is 0.887. The Balaban J connectivity index is 2.79. The molecule has 4 nitrogen and oxygen atoms in total. The molecule has 2 rings (SSSR count). The summed E-state index contributed by atoms with van der Waals surface area (Å²) in [5.74, 6) is 0.378. The zero-order chi connectivity index (χ0) is 8.55. The average Bonchev–Trinajstić information content (AvgIpc) is 2.47. The fourth-order valence-corrected chi connectivity index (χ4v) is 1.12. The molecule has 0 spiro atoms. The summed E-state index contributed by atoms with van der Waals surface area (Å²) in [4.78, 5) is 0. The first-order valence-corrected chi connectivity index (χ1v) is 3.65. The highest BCUT2D eigenvalue weighted by Crippen LogP contribution is 2.08. The van der Waals surface area contributed by atoms with Gasteiger partial charge >= 0.3 is 0 Å². The third-order valence-corrected chi connectivity index (χ3v) is 1.67. The van der Waals surface area contributed by atoms with Crippen molar-refractivity contribution in [2.24, 2.45) is 0 Å². The van der Waals surface area contributed by atoms with Gasteiger partial charge in [0.15, 0.2) is 0 Å². The minimum atomic E-state index is 0.378. The summed E-state index contributed by atoms with van der Waals surface area (Å²) >= 11 is 0. The normalized spacial score (nSPS) is 10.4. The van der Waals surface area contributed by atoms with Crippen molar-refractivity contribution in [1.29, 1.82) is 5.41 Å². The van der Waals surface area contributed by atoms with Crippen LogP contribution in [0.5, 0.6) is 0 Å². The molecule has 0 saturated heterocycles. The van der Waals surface area contributed by atoms with E-state index in [1.165, 1.54) is 4.68 Å². The van der Waals surface area contributed by atoms with Crippen LogP contribution in [0.4, 0.5) is 0 Å². The van der Waals surface area contributed by atoms with Gasteiger partial charge in [0.2, 0.25) is 0 Å². The van der Waals surface area contributed by atoms with Crippen LogP contribution in [-0.2, 0) is 0 Å². The van der Waals surface area contributed by atoms with Crippen LogP contribution >= 0.6 is 0 Å². The van der Waals surface area contributed by atoms with Gasteiger partial charge < -0.3 is 0 Å². The zero-order valence-corrected chi connectivity index (χ0v) is 6.65. The summed E-state index contributed by atoms with van der Waals surface area (Å²) < 4.78 is 1.51. The lowest BCUT2D eigenvalue weighted by molar-refractivity contribution is 0.852. The summed E-state index contributed by atoms with van der Waals surface area (Å²) in [6.07, 6.45) is 0. The van der Waals surface area contributed by atoms with Crippen LogP contribution in [0.15, 0.2) is 24.3 Å². The minimum Gasteiger partial charge on any atom is -0.287 e. The number of aromatic nitrogens is 3. The molecular formula is C8H8N4. The standard InChI is InChI=1S/C8H8N4/c1-6(9)12-8-5-3-2-4-7(8)10-11-12/h2-5,9H,1H3. The molecule has 0 amide bonds. The molecule has 1 heterocycles. The number of nitrogens with one attached hydrogen (secondary N) is 1. The van der Waals surface area contributed by atoms with Crippen LogP contribution in [0.1, 0.15) is 6.92 Å². The summed E-state index contributed by atoms with van der Waals surface area (Å²) in [6, 6.07) is 7.58. The predicted molar refractivity (Wildman–Crippen MR) is 46.3 cm³/mol. The molecule has 0 aliphatic heterocycles. The maximum absolute atomic E-state index is 7.39. The Labute approximate surface area is 69.3 Å². The monoisotopic (exact) mass is 160 g/mol. The van der Waals surface area contributed by atoms with E-state index in [-0.39, 0.29) is 0 Å². The molecule has 2 aromatic rings. The number of nitrogens with zero attached hydrogens (tertiary/aromatic N) is 3. The fourth-order valence-electron chi connectivity index (χ4n) is 1.12. The first-order valence-electron chi connectivity index (χ1n) is 3.65. The first-order chi connectivity index (χ1) is 5.79. The zero-order valence-electron chi connectivity index (χ0n) is 6.65. The van der Waals surface area contributed by atoms with Gasteiger partial charge in [0, 0.05) is 0 Å². The number of fused-ring (bicyclic) bond motifs is 1. The Hall–Kier alpha value is -1.71. The average molecular weight is 160 g/mol. The van der Waals surface area contributed by atoms with Gasteiger partial charge in [-0.05, 0) is 19.1 Å². The van der Waals surface area contributed by atoms with E-state index in [1.54, 1.807) is 6.92 Å².